The molecule has 12 heteroatoms. The van der Waals surface area contributed by atoms with E-state index in [-0.39, 0.29) is 21.5 Å². The summed E-state index contributed by atoms with van der Waals surface area (Å²) < 4.78 is 41.4. The Morgan fingerprint density at radius 3 is 2.51 bits per heavy atom. The van der Waals surface area contributed by atoms with Crippen molar-refractivity contribution in [3.05, 3.63) is 39.9 Å². The van der Waals surface area contributed by atoms with E-state index in [4.69, 9.17) is 42.2 Å². The zero-order chi connectivity index (χ0) is 25.2. The third kappa shape index (κ3) is 5.78. The fourth-order valence-corrected chi connectivity index (χ4v) is 5.47. The van der Waals surface area contributed by atoms with Crippen LogP contribution >= 0.6 is 23.2 Å². The molecule has 0 unspecified atom stereocenters. The number of hydrogen-bond acceptors (Lipinski definition) is 8. The van der Waals surface area contributed by atoms with E-state index in [1.807, 2.05) is 24.8 Å². The molecule has 4 rings (SSSR count). The van der Waals surface area contributed by atoms with E-state index in [9.17, 15) is 8.42 Å². The van der Waals surface area contributed by atoms with Gasteiger partial charge in [-0.15, -0.1) is 0 Å². The normalized spacial score (nSPS) is 14.9. The van der Waals surface area contributed by atoms with Crippen LogP contribution in [0.3, 0.4) is 0 Å². The minimum Gasteiger partial charge on any atom is -0.494 e. The lowest BCUT2D eigenvalue weighted by atomic mass is 10.0. The van der Waals surface area contributed by atoms with Crippen LogP contribution in [0.1, 0.15) is 32.3 Å². The van der Waals surface area contributed by atoms with Gasteiger partial charge in [-0.05, 0) is 57.5 Å². The lowest BCUT2D eigenvalue weighted by Crippen LogP contribution is -2.43. The number of oxazole rings is 1. The van der Waals surface area contributed by atoms with Gasteiger partial charge in [-0.3, -0.25) is 0 Å². The van der Waals surface area contributed by atoms with Crippen LogP contribution in [0.5, 0.6) is 11.5 Å². The first-order valence-corrected chi connectivity index (χ1v) is 13.7. The van der Waals surface area contributed by atoms with Gasteiger partial charge < -0.3 is 24.1 Å². The number of nitrogens with two attached hydrogens (primary N) is 1. The number of rotatable bonds is 9. The van der Waals surface area contributed by atoms with E-state index in [0.717, 1.165) is 31.5 Å². The average molecular weight is 543 g/mol. The number of anilines is 1. The standard InChI is InChI=1S/C23H28Cl2N4O5S/c1-3-32-16-9-14(22(25)20(10-16)33-4-2)13-29(15-5-7-27-8-6-15)23-28-18-11-17(24)21(35(26,30)31)12-19(18)34-23/h9-12,15,27H,3-8,13H2,1-2H3,(H2,26,30,31). The number of primary sulfonamides is 1. The van der Waals surface area contributed by atoms with Crippen LogP contribution in [0.15, 0.2) is 33.6 Å². The number of fused-ring (bicyclic) bond motifs is 1. The molecular weight excluding hydrogens is 515 g/mol. The lowest BCUT2D eigenvalue weighted by molar-refractivity contribution is 0.322. The van der Waals surface area contributed by atoms with Crippen LogP contribution in [-0.2, 0) is 16.6 Å². The highest BCUT2D eigenvalue weighted by atomic mass is 35.5. The molecule has 0 atom stereocenters. The van der Waals surface area contributed by atoms with Crippen LogP contribution in [0, 0.1) is 0 Å². The summed E-state index contributed by atoms with van der Waals surface area (Å²) in [5.74, 6) is 1.20. The molecule has 3 N–H and O–H groups in total. The number of halogens is 2. The second-order valence-corrected chi connectivity index (χ2v) is 10.5. The molecule has 1 aliphatic heterocycles. The highest BCUT2D eigenvalue weighted by Crippen LogP contribution is 2.37. The number of hydrogen-bond donors (Lipinski definition) is 2. The Bertz CT molecular complexity index is 1310. The first kappa shape index (κ1) is 25.8. The molecular formula is C23H28Cl2N4O5S. The van der Waals surface area contributed by atoms with Gasteiger partial charge in [0, 0.05) is 24.7 Å². The predicted octanol–water partition coefficient (Wildman–Crippen LogP) is 4.34. The number of ether oxygens (including phenoxy) is 2. The topological polar surface area (TPSA) is 120 Å². The average Bonchev–Trinajstić information content (AvgIpc) is 3.22. The zero-order valence-electron chi connectivity index (χ0n) is 19.5. The van der Waals surface area contributed by atoms with Gasteiger partial charge in [-0.2, -0.15) is 4.98 Å². The molecule has 0 radical (unpaired) electrons. The number of piperidine rings is 1. The van der Waals surface area contributed by atoms with Gasteiger partial charge in [0.25, 0.3) is 6.01 Å². The number of nitrogens with zero attached hydrogens (tertiary/aromatic N) is 2. The van der Waals surface area contributed by atoms with Crippen LogP contribution in [0.25, 0.3) is 11.1 Å². The van der Waals surface area contributed by atoms with Crippen molar-refractivity contribution < 1.29 is 22.3 Å². The van der Waals surface area contributed by atoms with Crippen molar-refractivity contribution in [2.24, 2.45) is 5.14 Å². The molecule has 0 aliphatic carbocycles. The Labute approximate surface area is 214 Å². The van der Waals surface area contributed by atoms with Crippen molar-refractivity contribution in [1.82, 2.24) is 10.3 Å². The first-order chi connectivity index (χ1) is 16.7. The zero-order valence-corrected chi connectivity index (χ0v) is 21.8. The molecule has 0 bridgehead atoms. The van der Waals surface area contributed by atoms with Gasteiger partial charge in [0.15, 0.2) is 5.58 Å². The Morgan fingerprint density at radius 1 is 1.14 bits per heavy atom. The van der Waals surface area contributed by atoms with Crippen LogP contribution in [0.4, 0.5) is 6.01 Å². The highest BCUT2D eigenvalue weighted by molar-refractivity contribution is 7.89. The molecule has 35 heavy (non-hydrogen) atoms. The summed E-state index contributed by atoms with van der Waals surface area (Å²) in [7, 11) is -4.02. The highest BCUT2D eigenvalue weighted by Gasteiger charge is 2.28. The molecule has 0 spiro atoms. The summed E-state index contributed by atoms with van der Waals surface area (Å²) in [5, 5.41) is 9.14. The van der Waals surface area contributed by atoms with Gasteiger partial charge in [0.05, 0.1) is 23.3 Å². The maximum absolute atomic E-state index is 11.9. The summed E-state index contributed by atoms with van der Waals surface area (Å²) in [6.45, 7) is 6.85. The van der Waals surface area contributed by atoms with Crippen LogP contribution in [0.2, 0.25) is 10.0 Å². The predicted molar refractivity (Wildman–Crippen MR) is 136 cm³/mol. The van der Waals surface area contributed by atoms with E-state index >= 15 is 0 Å². The molecule has 2 aromatic carbocycles. The van der Waals surface area contributed by atoms with Gasteiger partial charge in [-0.25, -0.2) is 13.6 Å². The van der Waals surface area contributed by atoms with E-state index in [1.165, 1.54) is 12.1 Å². The SMILES string of the molecule is CCOc1cc(CN(c2nc3cc(Cl)c(S(N)(=O)=O)cc3o2)C2CCNCC2)c(Cl)c(OCC)c1. The largest absolute Gasteiger partial charge is 0.494 e. The van der Waals surface area contributed by atoms with E-state index in [0.29, 0.717) is 47.8 Å². The van der Waals surface area contributed by atoms with E-state index < -0.39 is 10.0 Å². The summed E-state index contributed by atoms with van der Waals surface area (Å²) in [5.41, 5.74) is 1.50. The summed E-state index contributed by atoms with van der Waals surface area (Å²) in [4.78, 5) is 6.46. The maximum Gasteiger partial charge on any atom is 0.298 e. The molecule has 190 valence electrons. The third-order valence-electron chi connectivity index (χ3n) is 5.77. The van der Waals surface area contributed by atoms with Crippen molar-refractivity contribution in [2.75, 3.05) is 31.2 Å². The van der Waals surface area contributed by atoms with Crippen molar-refractivity contribution in [3.8, 4) is 11.5 Å². The molecule has 2 heterocycles. The number of nitrogens with one attached hydrogen (secondary N) is 1. The van der Waals surface area contributed by atoms with Crippen molar-refractivity contribution in [1.29, 1.82) is 0 Å². The second-order valence-electron chi connectivity index (χ2n) is 8.16. The molecule has 3 aromatic rings. The van der Waals surface area contributed by atoms with Crippen LogP contribution in [-0.4, -0.2) is 45.7 Å². The van der Waals surface area contributed by atoms with Gasteiger partial charge in [0.2, 0.25) is 10.0 Å². The molecule has 9 nitrogen and oxygen atoms in total. The minimum absolute atomic E-state index is 0.0120. The fraction of sp³-hybridized carbons (Fsp3) is 0.435. The summed E-state index contributed by atoms with van der Waals surface area (Å²) in [6, 6.07) is 6.87. The number of benzene rings is 2. The van der Waals surface area contributed by atoms with Crippen molar-refractivity contribution in [3.63, 3.8) is 0 Å². The Hall–Kier alpha value is -2.24. The Morgan fingerprint density at radius 2 is 1.86 bits per heavy atom. The summed E-state index contributed by atoms with van der Waals surface area (Å²) >= 11 is 12.9. The quantitative estimate of drug-likeness (QED) is 0.409. The van der Waals surface area contributed by atoms with E-state index in [2.05, 4.69) is 10.3 Å². The molecule has 0 amide bonds. The molecule has 1 aliphatic rings. The Balaban J connectivity index is 1.78. The Kier molecular flexibility index (Phi) is 7.97. The molecule has 1 fully saturated rings. The summed E-state index contributed by atoms with van der Waals surface area (Å²) in [6.07, 6.45) is 1.73. The van der Waals surface area contributed by atoms with Gasteiger partial charge >= 0.3 is 0 Å². The lowest BCUT2D eigenvalue weighted by Gasteiger charge is -2.34. The van der Waals surface area contributed by atoms with Crippen molar-refractivity contribution in [2.45, 2.75) is 44.2 Å². The van der Waals surface area contributed by atoms with Crippen molar-refractivity contribution >= 4 is 50.3 Å². The third-order valence-corrected chi connectivity index (χ3v) is 7.58. The molecule has 1 aromatic heterocycles. The molecule has 0 saturated carbocycles. The fourth-order valence-electron chi connectivity index (χ4n) is 4.17. The maximum atomic E-state index is 11.9. The van der Waals surface area contributed by atoms with E-state index in [1.54, 1.807) is 6.07 Å². The molecule has 1 saturated heterocycles. The smallest absolute Gasteiger partial charge is 0.298 e. The first-order valence-electron chi connectivity index (χ1n) is 11.4. The number of sulfonamides is 1. The number of aromatic nitrogens is 1. The minimum atomic E-state index is -4.02. The van der Waals surface area contributed by atoms with Gasteiger partial charge in [0.1, 0.15) is 21.9 Å². The second kappa shape index (κ2) is 10.8. The van der Waals surface area contributed by atoms with Gasteiger partial charge in [-0.1, -0.05) is 23.2 Å². The monoisotopic (exact) mass is 542 g/mol. The van der Waals surface area contributed by atoms with Crippen LogP contribution < -0.4 is 24.8 Å².